The highest BCUT2D eigenvalue weighted by Gasteiger charge is 2.31. The van der Waals surface area contributed by atoms with E-state index in [-0.39, 0.29) is 6.61 Å². The molecular formula is C5H9F3O4S. The summed E-state index contributed by atoms with van der Waals surface area (Å²) in [5.41, 5.74) is 0. The van der Waals surface area contributed by atoms with E-state index in [0.717, 1.165) is 0 Å². The maximum atomic E-state index is 11.5. The number of halogens is 3. The minimum atomic E-state index is -4.68. The summed E-state index contributed by atoms with van der Waals surface area (Å²) in [5, 5.41) is 0. The zero-order valence-corrected chi connectivity index (χ0v) is 7.61. The third kappa shape index (κ3) is 8.00. The highest BCUT2D eigenvalue weighted by molar-refractivity contribution is 7.81. The fraction of sp³-hybridized carbons (Fsp3) is 1.00. The zero-order chi connectivity index (χ0) is 10.5. The highest BCUT2D eigenvalue weighted by atomic mass is 32.3. The Hall–Kier alpha value is -0.340. The van der Waals surface area contributed by atoms with Crippen molar-refractivity contribution in [3.8, 4) is 0 Å². The first-order valence-electron chi connectivity index (χ1n) is 3.37. The molecule has 0 saturated carbocycles. The van der Waals surface area contributed by atoms with Gasteiger partial charge < -0.3 is 0 Å². The van der Waals surface area contributed by atoms with Gasteiger partial charge in [-0.2, -0.15) is 21.6 Å². The van der Waals surface area contributed by atoms with Crippen molar-refractivity contribution in [2.45, 2.75) is 19.5 Å². The molecule has 0 saturated heterocycles. The maximum absolute atomic E-state index is 11.5. The number of alkyl halides is 3. The van der Waals surface area contributed by atoms with Crippen LogP contribution >= 0.6 is 0 Å². The van der Waals surface area contributed by atoms with Crippen LogP contribution in [-0.2, 0) is 18.8 Å². The Balaban J connectivity index is 3.91. The SMILES string of the molecule is CCCOS(=O)(=O)OCC(F)(F)F. The number of hydrogen-bond donors (Lipinski definition) is 0. The molecule has 0 spiro atoms. The summed E-state index contributed by atoms with van der Waals surface area (Å²) in [5.74, 6) is 0. The van der Waals surface area contributed by atoms with Crippen LogP contribution in [-0.4, -0.2) is 27.8 Å². The Morgan fingerprint density at radius 2 is 1.77 bits per heavy atom. The Morgan fingerprint density at radius 1 is 1.23 bits per heavy atom. The van der Waals surface area contributed by atoms with Gasteiger partial charge in [0.1, 0.15) is 0 Å². The second-order valence-electron chi connectivity index (χ2n) is 2.11. The average molecular weight is 222 g/mol. The van der Waals surface area contributed by atoms with Crippen LogP contribution in [0.15, 0.2) is 0 Å². The number of rotatable bonds is 5. The van der Waals surface area contributed by atoms with E-state index in [9.17, 15) is 21.6 Å². The molecule has 13 heavy (non-hydrogen) atoms. The van der Waals surface area contributed by atoms with Crippen molar-refractivity contribution < 1.29 is 30.0 Å². The quantitative estimate of drug-likeness (QED) is 0.702. The smallest absolute Gasteiger partial charge is 0.248 e. The van der Waals surface area contributed by atoms with Crippen LogP contribution in [0.5, 0.6) is 0 Å². The lowest BCUT2D eigenvalue weighted by Crippen LogP contribution is -2.21. The third-order valence-electron chi connectivity index (χ3n) is 0.799. The molecule has 0 bridgehead atoms. The molecule has 0 aliphatic heterocycles. The third-order valence-corrected chi connectivity index (χ3v) is 1.66. The average Bonchev–Trinajstić information content (AvgIpc) is 1.97. The molecule has 0 unspecified atom stereocenters. The molecule has 4 nitrogen and oxygen atoms in total. The van der Waals surface area contributed by atoms with Crippen LogP contribution in [0.3, 0.4) is 0 Å². The summed E-state index contributed by atoms with van der Waals surface area (Å²) in [6.45, 7) is -0.446. The predicted octanol–water partition coefficient (Wildman–Crippen LogP) is 1.24. The minimum absolute atomic E-state index is 0.194. The molecular weight excluding hydrogens is 213 g/mol. The molecule has 0 aliphatic rings. The van der Waals surface area contributed by atoms with Crippen molar-refractivity contribution in [2.75, 3.05) is 13.2 Å². The van der Waals surface area contributed by atoms with Gasteiger partial charge in [-0.3, -0.25) is 0 Å². The summed E-state index contributed by atoms with van der Waals surface area (Å²) >= 11 is 0. The van der Waals surface area contributed by atoms with Gasteiger partial charge >= 0.3 is 16.6 Å². The Labute approximate surface area is 74.0 Å². The molecule has 0 fully saturated rings. The second-order valence-corrected chi connectivity index (χ2v) is 3.40. The largest absolute Gasteiger partial charge is 0.413 e. The van der Waals surface area contributed by atoms with Crippen LogP contribution in [0.1, 0.15) is 13.3 Å². The topological polar surface area (TPSA) is 52.6 Å². The van der Waals surface area contributed by atoms with E-state index < -0.39 is 23.2 Å². The molecule has 0 aromatic heterocycles. The van der Waals surface area contributed by atoms with Crippen LogP contribution in [0.4, 0.5) is 13.2 Å². The first-order chi connectivity index (χ1) is 5.77. The van der Waals surface area contributed by atoms with Crippen LogP contribution in [0, 0.1) is 0 Å². The van der Waals surface area contributed by atoms with Crippen LogP contribution in [0.25, 0.3) is 0 Å². The van der Waals surface area contributed by atoms with Crippen molar-refractivity contribution >= 4 is 10.4 Å². The summed E-state index contributed by atoms with van der Waals surface area (Å²) in [6, 6.07) is 0. The van der Waals surface area contributed by atoms with Gasteiger partial charge in [0.2, 0.25) is 0 Å². The molecule has 0 rings (SSSR count). The predicted molar refractivity (Wildman–Crippen MR) is 37.2 cm³/mol. The van der Waals surface area contributed by atoms with Gasteiger partial charge in [-0.1, -0.05) is 6.92 Å². The van der Waals surface area contributed by atoms with Gasteiger partial charge in [-0.15, -0.1) is 0 Å². The van der Waals surface area contributed by atoms with Crippen LogP contribution < -0.4 is 0 Å². The molecule has 0 aliphatic carbocycles. The van der Waals surface area contributed by atoms with Gasteiger partial charge in [0.05, 0.1) is 6.61 Å². The van der Waals surface area contributed by atoms with E-state index in [0.29, 0.717) is 6.42 Å². The lowest BCUT2D eigenvalue weighted by atomic mass is 10.5. The van der Waals surface area contributed by atoms with Gasteiger partial charge in [0.15, 0.2) is 6.61 Å². The van der Waals surface area contributed by atoms with E-state index >= 15 is 0 Å². The van der Waals surface area contributed by atoms with Crippen molar-refractivity contribution in [1.29, 1.82) is 0 Å². The zero-order valence-electron chi connectivity index (χ0n) is 6.80. The van der Waals surface area contributed by atoms with Crippen LogP contribution in [0.2, 0.25) is 0 Å². The summed E-state index contributed by atoms with van der Waals surface area (Å²) in [4.78, 5) is 0. The number of hydrogen-bond acceptors (Lipinski definition) is 4. The van der Waals surface area contributed by atoms with Gasteiger partial charge in [0, 0.05) is 0 Å². The molecule has 0 aromatic carbocycles. The van der Waals surface area contributed by atoms with Gasteiger partial charge in [-0.25, -0.2) is 8.37 Å². The highest BCUT2D eigenvalue weighted by Crippen LogP contribution is 2.16. The standard InChI is InChI=1S/C5H9F3O4S/c1-2-3-11-13(9,10)12-4-5(6,7)8/h2-4H2,1H3. The molecule has 0 atom stereocenters. The monoisotopic (exact) mass is 222 g/mol. The molecule has 80 valence electrons. The minimum Gasteiger partial charge on any atom is -0.248 e. The van der Waals surface area contributed by atoms with Gasteiger partial charge in [-0.05, 0) is 6.42 Å². The lowest BCUT2D eigenvalue weighted by molar-refractivity contribution is -0.154. The summed E-state index contributed by atoms with van der Waals surface area (Å²) in [6.07, 6.45) is -4.31. The molecule has 0 N–H and O–H groups in total. The van der Waals surface area contributed by atoms with E-state index in [4.69, 9.17) is 0 Å². The fourth-order valence-electron chi connectivity index (χ4n) is 0.358. The Kier molecular flexibility index (Phi) is 4.65. The van der Waals surface area contributed by atoms with Crippen molar-refractivity contribution in [3.63, 3.8) is 0 Å². The molecule has 0 radical (unpaired) electrons. The van der Waals surface area contributed by atoms with E-state index in [1.54, 1.807) is 6.92 Å². The summed E-state index contributed by atoms with van der Waals surface area (Å²) in [7, 11) is -4.50. The second kappa shape index (κ2) is 4.77. The Morgan fingerprint density at radius 3 is 2.15 bits per heavy atom. The molecule has 0 amide bonds. The molecule has 8 heteroatoms. The van der Waals surface area contributed by atoms with Gasteiger partial charge in [0.25, 0.3) is 0 Å². The lowest BCUT2D eigenvalue weighted by Gasteiger charge is -2.07. The maximum Gasteiger partial charge on any atom is 0.413 e. The van der Waals surface area contributed by atoms with Crippen molar-refractivity contribution in [2.24, 2.45) is 0 Å². The Bertz CT molecular complexity index is 233. The molecule has 0 aromatic rings. The normalized spacial score (nSPS) is 13.2. The van der Waals surface area contributed by atoms with E-state index in [2.05, 4.69) is 8.37 Å². The first-order valence-corrected chi connectivity index (χ1v) is 4.70. The van der Waals surface area contributed by atoms with Crippen molar-refractivity contribution in [3.05, 3.63) is 0 Å². The van der Waals surface area contributed by atoms with E-state index in [1.807, 2.05) is 0 Å². The van der Waals surface area contributed by atoms with Crippen molar-refractivity contribution in [1.82, 2.24) is 0 Å². The fourth-order valence-corrected chi connectivity index (χ4v) is 1.08. The first kappa shape index (κ1) is 12.7. The summed E-state index contributed by atoms with van der Waals surface area (Å²) < 4.78 is 62.9. The molecule has 0 heterocycles. The van der Waals surface area contributed by atoms with E-state index in [1.165, 1.54) is 0 Å².